The molecule has 6 nitrogen and oxygen atoms in total. The van der Waals surface area contributed by atoms with Crippen LogP contribution in [0.5, 0.6) is 5.75 Å². The van der Waals surface area contributed by atoms with E-state index in [9.17, 15) is 14.7 Å². The Labute approximate surface area is 230 Å². The molecule has 1 unspecified atom stereocenters. The number of hydrogen-bond acceptors (Lipinski definition) is 6. The van der Waals surface area contributed by atoms with Crippen LogP contribution in [0.3, 0.4) is 0 Å². The second-order valence-electron chi connectivity index (χ2n) is 10.1. The molecule has 0 radical (unpaired) electrons. The Balaban J connectivity index is 1.69. The number of halogens is 1. The molecule has 1 aromatic heterocycles. The SMILES string of the molecule is CCOc1ccc2nc(N3C(=O)C(=O)/C(=C(/O)c4ccc(Cl)cc4)C3c3ccc(C(C)(C)C)cc3)sc2c1. The summed E-state index contributed by atoms with van der Waals surface area (Å²) in [4.78, 5) is 33.0. The van der Waals surface area contributed by atoms with Gasteiger partial charge in [-0.25, -0.2) is 4.98 Å². The maximum atomic E-state index is 13.5. The van der Waals surface area contributed by atoms with E-state index >= 15 is 0 Å². The highest BCUT2D eigenvalue weighted by atomic mass is 35.5. The molecule has 1 amide bonds. The number of ether oxygens (including phenoxy) is 1. The summed E-state index contributed by atoms with van der Waals surface area (Å²) in [5.74, 6) is -1.06. The number of anilines is 1. The van der Waals surface area contributed by atoms with Crippen molar-refractivity contribution in [3.8, 4) is 5.75 Å². The van der Waals surface area contributed by atoms with Crippen molar-refractivity contribution < 1.29 is 19.4 Å². The maximum absolute atomic E-state index is 13.5. The first-order valence-electron chi connectivity index (χ1n) is 12.3. The van der Waals surface area contributed by atoms with Gasteiger partial charge in [-0.3, -0.25) is 14.5 Å². The van der Waals surface area contributed by atoms with Crippen LogP contribution in [-0.4, -0.2) is 28.4 Å². The van der Waals surface area contributed by atoms with Gasteiger partial charge in [0, 0.05) is 10.6 Å². The van der Waals surface area contributed by atoms with Gasteiger partial charge in [0.1, 0.15) is 11.5 Å². The number of aromatic nitrogens is 1. The highest BCUT2D eigenvalue weighted by molar-refractivity contribution is 7.22. The smallest absolute Gasteiger partial charge is 0.301 e. The van der Waals surface area contributed by atoms with Crippen LogP contribution in [0.15, 0.2) is 72.3 Å². The van der Waals surface area contributed by atoms with Crippen LogP contribution in [0.2, 0.25) is 5.02 Å². The summed E-state index contributed by atoms with van der Waals surface area (Å²) in [6, 6.07) is 19.0. The van der Waals surface area contributed by atoms with Gasteiger partial charge in [0.05, 0.1) is 28.4 Å². The zero-order valence-corrected chi connectivity index (χ0v) is 23.1. The molecule has 0 aliphatic carbocycles. The minimum atomic E-state index is -0.855. The number of Topliss-reactive ketones (excluding diaryl/α,β-unsaturated/α-hetero) is 1. The van der Waals surface area contributed by atoms with Crippen LogP contribution >= 0.6 is 22.9 Å². The molecule has 1 atom stereocenters. The van der Waals surface area contributed by atoms with Gasteiger partial charge in [0.2, 0.25) is 0 Å². The first-order valence-corrected chi connectivity index (χ1v) is 13.5. The fourth-order valence-corrected chi connectivity index (χ4v) is 5.67. The Morgan fingerprint density at radius 1 is 1.05 bits per heavy atom. The van der Waals surface area contributed by atoms with Crippen LogP contribution in [0.4, 0.5) is 5.13 Å². The Bertz CT molecular complexity index is 1570. The average Bonchev–Trinajstić information content (AvgIpc) is 3.41. The molecule has 8 heteroatoms. The fourth-order valence-electron chi connectivity index (χ4n) is 4.53. The molecule has 1 fully saturated rings. The van der Waals surface area contributed by atoms with Crippen molar-refractivity contribution in [2.75, 3.05) is 11.5 Å². The number of hydrogen-bond donors (Lipinski definition) is 1. The van der Waals surface area contributed by atoms with Crippen molar-refractivity contribution in [2.45, 2.75) is 39.2 Å². The number of amides is 1. The van der Waals surface area contributed by atoms with Crippen LogP contribution < -0.4 is 9.64 Å². The second kappa shape index (κ2) is 9.89. The van der Waals surface area contributed by atoms with Crippen LogP contribution in [0.25, 0.3) is 16.0 Å². The summed E-state index contributed by atoms with van der Waals surface area (Å²) in [5, 5.41) is 12.2. The van der Waals surface area contributed by atoms with E-state index in [4.69, 9.17) is 16.3 Å². The minimum Gasteiger partial charge on any atom is -0.507 e. The molecular formula is C30H27ClN2O4S. The lowest BCUT2D eigenvalue weighted by Crippen LogP contribution is -2.29. The van der Waals surface area contributed by atoms with Gasteiger partial charge >= 0.3 is 5.91 Å². The van der Waals surface area contributed by atoms with Gasteiger partial charge in [-0.05, 0) is 65.9 Å². The molecule has 1 aliphatic heterocycles. The predicted octanol–water partition coefficient (Wildman–Crippen LogP) is 7.27. The first-order chi connectivity index (χ1) is 18.1. The highest BCUT2D eigenvalue weighted by Gasteiger charge is 2.48. The quantitative estimate of drug-likeness (QED) is 0.162. The van der Waals surface area contributed by atoms with E-state index < -0.39 is 17.7 Å². The van der Waals surface area contributed by atoms with E-state index in [-0.39, 0.29) is 16.7 Å². The lowest BCUT2D eigenvalue weighted by atomic mass is 9.85. The third-order valence-electron chi connectivity index (χ3n) is 6.52. The lowest BCUT2D eigenvalue weighted by Gasteiger charge is -2.24. The molecule has 5 rings (SSSR count). The minimum absolute atomic E-state index is 0.00934. The van der Waals surface area contributed by atoms with Gasteiger partial charge in [-0.2, -0.15) is 0 Å². The second-order valence-corrected chi connectivity index (χ2v) is 11.6. The summed E-state index contributed by atoms with van der Waals surface area (Å²) >= 11 is 7.33. The molecule has 194 valence electrons. The predicted molar refractivity (Wildman–Crippen MR) is 152 cm³/mol. The Morgan fingerprint density at radius 2 is 1.74 bits per heavy atom. The van der Waals surface area contributed by atoms with Crippen molar-refractivity contribution in [1.82, 2.24) is 4.98 Å². The third kappa shape index (κ3) is 4.68. The number of nitrogens with zero attached hydrogens (tertiary/aromatic N) is 2. The van der Waals surface area contributed by atoms with Gasteiger partial charge in [0.25, 0.3) is 5.78 Å². The number of thiazole rings is 1. The number of aliphatic hydroxyl groups excluding tert-OH is 1. The van der Waals surface area contributed by atoms with Crippen LogP contribution in [0, 0.1) is 0 Å². The summed E-state index contributed by atoms with van der Waals surface area (Å²) < 4.78 is 6.44. The zero-order chi connectivity index (χ0) is 27.2. The molecule has 0 bridgehead atoms. The third-order valence-corrected chi connectivity index (χ3v) is 7.79. The molecule has 38 heavy (non-hydrogen) atoms. The monoisotopic (exact) mass is 546 g/mol. The van der Waals surface area contributed by atoms with Gasteiger partial charge < -0.3 is 9.84 Å². The number of benzene rings is 3. The largest absolute Gasteiger partial charge is 0.507 e. The molecule has 1 N–H and O–H groups in total. The van der Waals surface area contributed by atoms with E-state index in [0.717, 1.165) is 10.3 Å². The van der Waals surface area contributed by atoms with Crippen molar-refractivity contribution >= 4 is 55.7 Å². The molecule has 1 aliphatic rings. The van der Waals surface area contributed by atoms with E-state index in [2.05, 4.69) is 25.8 Å². The molecule has 0 spiro atoms. The molecule has 4 aromatic rings. The molecular weight excluding hydrogens is 520 g/mol. The molecule has 1 saturated heterocycles. The Kier molecular flexibility index (Phi) is 6.75. The van der Waals surface area contributed by atoms with E-state index in [1.165, 1.54) is 16.2 Å². The normalized spacial score (nSPS) is 17.4. The van der Waals surface area contributed by atoms with Crippen molar-refractivity contribution in [3.63, 3.8) is 0 Å². The van der Waals surface area contributed by atoms with E-state index in [1.807, 2.05) is 49.4 Å². The summed E-state index contributed by atoms with van der Waals surface area (Å²) in [7, 11) is 0. The summed E-state index contributed by atoms with van der Waals surface area (Å²) in [6.07, 6.45) is 0. The zero-order valence-electron chi connectivity index (χ0n) is 21.5. The van der Waals surface area contributed by atoms with Crippen LogP contribution in [0.1, 0.15) is 50.4 Å². The topological polar surface area (TPSA) is 79.7 Å². The van der Waals surface area contributed by atoms with Crippen LogP contribution in [-0.2, 0) is 15.0 Å². The number of fused-ring (bicyclic) bond motifs is 1. The van der Waals surface area contributed by atoms with E-state index in [1.54, 1.807) is 24.3 Å². The molecule has 2 heterocycles. The van der Waals surface area contributed by atoms with Gasteiger partial charge in [-0.15, -0.1) is 0 Å². The fraction of sp³-hybridized carbons (Fsp3) is 0.233. The summed E-state index contributed by atoms with van der Waals surface area (Å²) in [6.45, 7) is 8.79. The Hall–Kier alpha value is -3.68. The molecule has 3 aromatic carbocycles. The summed E-state index contributed by atoms with van der Waals surface area (Å²) in [5.41, 5.74) is 2.83. The lowest BCUT2D eigenvalue weighted by molar-refractivity contribution is -0.132. The standard InChI is InChI=1S/C30H27ClN2O4S/c1-5-37-21-14-15-22-23(16-21)38-29(32-22)33-25(17-6-10-19(11-7-17)30(2,3)4)24(27(35)28(33)36)26(34)18-8-12-20(31)13-9-18/h6-16,25,34H,5H2,1-4H3/b26-24+. The first kappa shape index (κ1) is 25.9. The van der Waals surface area contributed by atoms with Crippen molar-refractivity contribution in [2.24, 2.45) is 0 Å². The number of carbonyl (C=O) groups excluding carboxylic acids is 2. The maximum Gasteiger partial charge on any atom is 0.301 e. The molecule has 0 saturated carbocycles. The highest BCUT2D eigenvalue weighted by Crippen LogP contribution is 2.45. The number of aliphatic hydroxyl groups is 1. The van der Waals surface area contributed by atoms with Crippen molar-refractivity contribution in [1.29, 1.82) is 0 Å². The Morgan fingerprint density at radius 3 is 2.37 bits per heavy atom. The number of ketones is 1. The number of carbonyl (C=O) groups is 2. The van der Waals surface area contributed by atoms with E-state index in [0.29, 0.717) is 39.2 Å². The van der Waals surface area contributed by atoms with Gasteiger partial charge in [-0.1, -0.05) is 68.0 Å². The van der Waals surface area contributed by atoms with Gasteiger partial charge in [0.15, 0.2) is 5.13 Å². The number of rotatable bonds is 5. The van der Waals surface area contributed by atoms with Crippen molar-refractivity contribution in [3.05, 3.63) is 94.0 Å². The average molecular weight is 547 g/mol.